The van der Waals surface area contributed by atoms with Crippen molar-refractivity contribution in [3.8, 4) is 0 Å². The van der Waals surface area contributed by atoms with Gasteiger partial charge in [-0.3, -0.25) is 0 Å². The van der Waals surface area contributed by atoms with Crippen molar-refractivity contribution >= 4 is 0 Å². The average molecular weight is 185 g/mol. The number of hydrogen-bond acceptors (Lipinski definition) is 2. The van der Waals surface area contributed by atoms with Gasteiger partial charge in [0.25, 0.3) is 0 Å². The average Bonchev–Trinajstić information content (AvgIpc) is 2.65. The minimum Gasteiger partial charge on any atom is -0.350 e. The monoisotopic (exact) mass is 185 g/mol. The lowest BCUT2D eigenvalue weighted by Crippen LogP contribution is -2.21. The maximum absolute atomic E-state index is 5.52. The fourth-order valence-electron chi connectivity index (χ4n) is 1.77. The topological polar surface area (TPSA) is 18.5 Å². The predicted octanol–water partition coefficient (Wildman–Crippen LogP) is 2.78. The van der Waals surface area contributed by atoms with Crippen LogP contribution in [0.3, 0.4) is 0 Å². The summed E-state index contributed by atoms with van der Waals surface area (Å²) in [5, 5.41) is 0. The zero-order valence-electron chi connectivity index (χ0n) is 8.79. The van der Waals surface area contributed by atoms with Gasteiger partial charge in [0, 0.05) is 5.92 Å². The molecule has 2 nitrogen and oxygen atoms in total. The molecule has 1 rings (SSSR count). The maximum atomic E-state index is 5.52. The molecule has 1 atom stereocenters. The summed E-state index contributed by atoms with van der Waals surface area (Å²) in [5.41, 5.74) is 0. The first-order valence-corrected chi connectivity index (χ1v) is 5.43. The van der Waals surface area contributed by atoms with Gasteiger partial charge in [0.2, 0.25) is 0 Å². The van der Waals surface area contributed by atoms with Gasteiger partial charge in [0.05, 0.1) is 13.2 Å². The summed E-state index contributed by atoms with van der Waals surface area (Å²) in [6, 6.07) is 0. The minimum atomic E-state index is 0.0720. The van der Waals surface area contributed by atoms with Crippen molar-refractivity contribution in [2.45, 2.75) is 45.8 Å². The highest BCUT2D eigenvalue weighted by Gasteiger charge is 2.25. The summed E-state index contributed by atoms with van der Waals surface area (Å²) in [4.78, 5) is 0. The largest absolute Gasteiger partial charge is 0.350 e. The summed E-state index contributed by atoms with van der Waals surface area (Å²) in [7, 11) is 0. The van der Waals surface area contributed by atoms with Crippen LogP contribution in [-0.2, 0) is 9.47 Å². The number of hydrogen-bond donors (Lipinski definition) is 0. The van der Waals surface area contributed by atoms with Crippen LogP contribution in [0.4, 0.5) is 0 Å². The molecule has 0 spiro atoms. The van der Waals surface area contributed by atoms with E-state index in [-0.39, 0.29) is 6.29 Å². The van der Waals surface area contributed by atoms with E-state index in [9.17, 15) is 0 Å². The zero-order valence-corrected chi connectivity index (χ0v) is 8.79. The van der Waals surface area contributed by atoms with Gasteiger partial charge in [-0.1, -0.05) is 26.7 Å². The Kier molecular flexibility index (Phi) is 5.40. The van der Waals surface area contributed by atoms with Crippen LogP contribution in [0.15, 0.2) is 0 Å². The van der Waals surface area contributed by atoms with E-state index in [1.807, 2.05) is 0 Å². The van der Waals surface area contributed by atoms with Gasteiger partial charge in [-0.25, -0.2) is 0 Å². The molecule has 0 aromatic rings. The number of unbranched alkanes of at least 4 members (excludes halogenated alkanes) is 1. The van der Waals surface area contributed by atoms with Crippen molar-refractivity contribution in [2.75, 3.05) is 13.2 Å². The summed E-state index contributed by atoms with van der Waals surface area (Å²) in [6.07, 6.45) is 7.10. The van der Waals surface area contributed by atoms with E-state index in [0.717, 1.165) is 26.1 Å². The quantitative estimate of drug-likeness (QED) is 0.633. The van der Waals surface area contributed by atoms with Gasteiger partial charge < -0.3 is 9.47 Å². The van der Waals surface area contributed by atoms with E-state index in [4.69, 9.17) is 9.47 Å². The fraction of sp³-hybridized carbons (Fsp3) is 0.909. The molecular formula is C11H21O2. The first-order chi connectivity index (χ1) is 6.38. The third kappa shape index (κ3) is 3.65. The highest BCUT2D eigenvalue weighted by molar-refractivity contribution is 4.73. The lowest BCUT2D eigenvalue weighted by molar-refractivity contribution is -0.0857. The molecule has 1 fully saturated rings. The van der Waals surface area contributed by atoms with Crippen molar-refractivity contribution in [1.82, 2.24) is 0 Å². The second-order valence-corrected chi connectivity index (χ2v) is 3.59. The second-order valence-electron chi connectivity index (χ2n) is 3.59. The van der Waals surface area contributed by atoms with E-state index in [1.165, 1.54) is 12.8 Å². The van der Waals surface area contributed by atoms with E-state index < -0.39 is 0 Å². The molecule has 13 heavy (non-hydrogen) atoms. The molecule has 0 bridgehead atoms. The molecular weight excluding hydrogens is 164 g/mol. The Balaban J connectivity index is 2.26. The molecule has 0 aromatic carbocycles. The lowest BCUT2D eigenvalue weighted by Gasteiger charge is -2.21. The van der Waals surface area contributed by atoms with E-state index >= 15 is 0 Å². The second kappa shape index (κ2) is 6.39. The molecule has 77 valence electrons. The van der Waals surface area contributed by atoms with Crippen LogP contribution >= 0.6 is 0 Å². The van der Waals surface area contributed by atoms with Crippen LogP contribution in [0.2, 0.25) is 0 Å². The summed E-state index contributed by atoms with van der Waals surface area (Å²) in [5.74, 6) is 0.576. The van der Waals surface area contributed by atoms with Gasteiger partial charge in [0.1, 0.15) is 0 Å². The molecule has 0 N–H and O–H groups in total. The van der Waals surface area contributed by atoms with E-state index in [1.54, 1.807) is 0 Å². The van der Waals surface area contributed by atoms with Crippen molar-refractivity contribution in [1.29, 1.82) is 0 Å². The zero-order chi connectivity index (χ0) is 9.52. The van der Waals surface area contributed by atoms with E-state index in [2.05, 4.69) is 20.3 Å². The number of rotatable bonds is 6. The van der Waals surface area contributed by atoms with Crippen LogP contribution in [0.1, 0.15) is 39.5 Å². The number of ether oxygens (including phenoxy) is 2. The molecule has 1 heterocycles. The summed E-state index contributed by atoms with van der Waals surface area (Å²) >= 11 is 0. The third-order valence-corrected chi connectivity index (χ3v) is 2.45. The molecule has 1 aliphatic heterocycles. The van der Waals surface area contributed by atoms with Gasteiger partial charge in [-0.15, -0.1) is 0 Å². The third-order valence-electron chi connectivity index (χ3n) is 2.45. The molecule has 0 amide bonds. The van der Waals surface area contributed by atoms with Crippen LogP contribution in [0, 0.1) is 12.3 Å². The molecule has 2 heteroatoms. The standard InChI is InChI=1S/C11H21O2/c1-3-5-7-10(6-4-2)11-12-8-9-13-11/h5,10-11H,3-4,6-9H2,1-2H3. The van der Waals surface area contributed by atoms with Crippen LogP contribution in [0.5, 0.6) is 0 Å². The van der Waals surface area contributed by atoms with Gasteiger partial charge in [-0.2, -0.15) is 0 Å². The van der Waals surface area contributed by atoms with Crippen LogP contribution < -0.4 is 0 Å². The van der Waals surface area contributed by atoms with Gasteiger partial charge in [0.15, 0.2) is 6.29 Å². The Bertz CT molecular complexity index is 119. The molecule has 0 aliphatic carbocycles. The Labute approximate surface area is 81.6 Å². The Morgan fingerprint density at radius 3 is 2.54 bits per heavy atom. The minimum absolute atomic E-state index is 0.0720. The summed E-state index contributed by atoms with van der Waals surface area (Å²) in [6.45, 7) is 5.95. The van der Waals surface area contributed by atoms with Crippen LogP contribution in [0.25, 0.3) is 0 Å². The van der Waals surface area contributed by atoms with Crippen LogP contribution in [-0.4, -0.2) is 19.5 Å². The van der Waals surface area contributed by atoms with Gasteiger partial charge >= 0.3 is 0 Å². The van der Waals surface area contributed by atoms with Crippen molar-refractivity contribution in [3.05, 3.63) is 6.42 Å². The predicted molar refractivity (Wildman–Crippen MR) is 53.3 cm³/mol. The lowest BCUT2D eigenvalue weighted by atomic mass is 9.96. The first kappa shape index (κ1) is 11.0. The fourth-order valence-corrected chi connectivity index (χ4v) is 1.77. The Morgan fingerprint density at radius 2 is 2.00 bits per heavy atom. The van der Waals surface area contributed by atoms with Crippen molar-refractivity contribution in [3.63, 3.8) is 0 Å². The first-order valence-electron chi connectivity index (χ1n) is 5.43. The van der Waals surface area contributed by atoms with Crippen molar-refractivity contribution in [2.24, 2.45) is 5.92 Å². The molecule has 0 aromatic heterocycles. The summed E-state index contributed by atoms with van der Waals surface area (Å²) < 4.78 is 11.0. The van der Waals surface area contributed by atoms with Gasteiger partial charge in [-0.05, 0) is 19.3 Å². The SMILES string of the molecule is CC[CH]CC(CCC)C1OCCO1. The molecule has 1 radical (unpaired) electrons. The normalized spacial score (nSPS) is 20.8. The van der Waals surface area contributed by atoms with Crippen molar-refractivity contribution < 1.29 is 9.47 Å². The Morgan fingerprint density at radius 1 is 1.31 bits per heavy atom. The highest BCUT2D eigenvalue weighted by Crippen LogP contribution is 2.24. The molecule has 1 aliphatic rings. The van der Waals surface area contributed by atoms with E-state index in [0.29, 0.717) is 5.92 Å². The molecule has 0 saturated carbocycles. The smallest absolute Gasteiger partial charge is 0.160 e. The highest BCUT2D eigenvalue weighted by atomic mass is 16.7. The Hall–Kier alpha value is -0.0800. The molecule has 1 saturated heterocycles. The maximum Gasteiger partial charge on any atom is 0.160 e. The molecule has 1 unspecified atom stereocenters.